The molecule has 80 valence electrons. The number of nitrogens with zero attached hydrogens (tertiary/aromatic N) is 3. The topological polar surface area (TPSA) is 67.2 Å². The van der Waals surface area contributed by atoms with E-state index < -0.39 is 0 Å². The number of rotatable bonds is 6. The first-order chi connectivity index (χ1) is 7.36. The second-order valence-corrected chi connectivity index (χ2v) is 2.73. The van der Waals surface area contributed by atoms with Gasteiger partial charge in [-0.25, -0.2) is 0 Å². The van der Waals surface area contributed by atoms with Crippen molar-refractivity contribution < 1.29 is 9.47 Å². The summed E-state index contributed by atoms with van der Waals surface area (Å²) in [5.74, 6) is 0.742. The molecule has 0 saturated heterocycles. The minimum Gasteiger partial charge on any atom is -0.491 e. The van der Waals surface area contributed by atoms with Crippen LogP contribution in [0, 0.1) is 0 Å². The van der Waals surface area contributed by atoms with Crippen molar-refractivity contribution in [3.05, 3.63) is 34.7 Å². The molecule has 1 aromatic rings. The van der Waals surface area contributed by atoms with E-state index in [9.17, 15) is 0 Å². The van der Waals surface area contributed by atoms with E-state index in [1.54, 1.807) is 24.3 Å². The molecular weight excluding hydrogens is 194 g/mol. The molecule has 0 aliphatic carbocycles. The van der Waals surface area contributed by atoms with Crippen molar-refractivity contribution in [2.45, 2.75) is 6.92 Å². The summed E-state index contributed by atoms with van der Waals surface area (Å²) < 4.78 is 10.5. The molecule has 0 aliphatic heterocycles. The molecule has 15 heavy (non-hydrogen) atoms. The maximum Gasteiger partial charge on any atom is 0.119 e. The third-order valence-corrected chi connectivity index (χ3v) is 1.70. The number of hydrogen-bond donors (Lipinski definition) is 0. The van der Waals surface area contributed by atoms with Crippen molar-refractivity contribution in [2.75, 3.05) is 19.8 Å². The van der Waals surface area contributed by atoms with Crippen LogP contribution in [-0.4, -0.2) is 19.8 Å². The van der Waals surface area contributed by atoms with Gasteiger partial charge in [0.15, 0.2) is 0 Å². The van der Waals surface area contributed by atoms with Crippen molar-refractivity contribution in [3.8, 4) is 5.75 Å². The van der Waals surface area contributed by atoms with E-state index in [2.05, 4.69) is 10.0 Å². The lowest BCUT2D eigenvalue weighted by atomic mass is 10.3. The van der Waals surface area contributed by atoms with Gasteiger partial charge in [-0.15, -0.1) is 0 Å². The van der Waals surface area contributed by atoms with Gasteiger partial charge in [0.05, 0.1) is 6.61 Å². The maximum absolute atomic E-state index is 8.20. The molecular formula is C10H13N3O2. The van der Waals surface area contributed by atoms with E-state index in [0.29, 0.717) is 25.5 Å². The minimum atomic E-state index is 0.523. The van der Waals surface area contributed by atoms with Gasteiger partial charge < -0.3 is 9.47 Å². The Morgan fingerprint density at radius 3 is 2.60 bits per heavy atom. The molecule has 1 aromatic carbocycles. The highest BCUT2D eigenvalue weighted by atomic mass is 16.5. The molecule has 0 aliphatic rings. The standard InChI is InChI=1S/C10H13N3O2/c1-2-14-7-8-15-10-5-3-9(4-6-10)12-13-11/h3-6H,2,7-8H2,1H3. The van der Waals surface area contributed by atoms with Crippen LogP contribution in [0.5, 0.6) is 5.75 Å². The van der Waals surface area contributed by atoms with Crippen LogP contribution >= 0.6 is 0 Å². The third-order valence-electron chi connectivity index (χ3n) is 1.70. The van der Waals surface area contributed by atoms with Crippen LogP contribution in [0.25, 0.3) is 10.4 Å². The van der Waals surface area contributed by atoms with Crippen LogP contribution < -0.4 is 4.74 Å². The van der Waals surface area contributed by atoms with E-state index >= 15 is 0 Å². The molecule has 0 saturated carbocycles. The van der Waals surface area contributed by atoms with E-state index in [-0.39, 0.29) is 0 Å². The number of hydrogen-bond acceptors (Lipinski definition) is 3. The lowest BCUT2D eigenvalue weighted by Gasteiger charge is -2.05. The zero-order valence-corrected chi connectivity index (χ0v) is 8.59. The molecule has 0 fully saturated rings. The monoisotopic (exact) mass is 207 g/mol. The van der Waals surface area contributed by atoms with Crippen LogP contribution in [0.4, 0.5) is 5.69 Å². The molecule has 0 bridgehead atoms. The third kappa shape index (κ3) is 4.35. The molecule has 0 amide bonds. The summed E-state index contributed by atoms with van der Waals surface area (Å²) in [6.07, 6.45) is 0. The normalized spacial score (nSPS) is 9.40. The van der Waals surface area contributed by atoms with E-state index in [1.165, 1.54) is 0 Å². The van der Waals surface area contributed by atoms with Gasteiger partial charge in [-0.1, -0.05) is 5.11 Å². The molecule has 0 spiro atoms. The van der Waals surface area contributed by atoms with Gasteiger partial charge in [0, 0.05) is 17.2 Å². The Balaban J connectivity index is 2.39. The van der Waals surface area contributed by atoms with Crippen LogP contribution in [-0.2, 0) is 4.74 Å². The fraction of sp³-hybridized carbons (Fsp3) is 0.400. The summed E-state index contributed by atoms with van der Waals surface area (Å²) in [5, 5.41) is 3.46. The zero-order chi connectivity index (χ0) is 10.9. The van der Waals surface area contributed by atoms with Gasteiger partial charge >= 0.3 is 0 Å². The number of benzene rings is 1. The molecule has 5 nitrogen and oxygen atoms in total. The Bertz CT molecular complexity index is 331. The highest BCUT2D eigenvalue weighted by Crippen LogP contribution is 2.17. The Morgan fingerprint density at radius 1 is 1.27 bits per heavy atom. The molecule has 0 unspecified atom stereocenters. The lowest BCUT2D eigenvalue weighted by molar-refractivity contribution is 0.110. The van der Waals surface area contributed by atoms with Crippen LogP contribution in [0.2, 0.25) is 0 Å². The predicted molar refractivity (Wildman–Crippen MR) is 57.2 cm³/mol. The summed E-state index contributed by atoms with van der Waals surface area (Å²) in [5.41, 5.74) is 8.78. The SMILES string of the molecule is CCOCCOc1ccc(N=[N+]=[N-])cc1. The van der Waals surface area contributed by atoms with Crippen LogP contribution in [0.3, 0.4) is 0 Å². The van der Waals surface area contributed by atoms with Gasteiger partial charge in [0.1, 0.15) is 12.4 Å². The Labute approximate surface area is 88.3 Å². The fourth-order valence-electron chi connectivity index (χ4n) is 1.02. The van der Waals surface area contributed by atoms with Crippen molar-refractivity contribution >= 4 is 5.69 Å². The van der Waals surface area contributed by atoms with Crippen LogP contribution in [0.15, 0.2) is 29.4 Å². The summed E-state index contributed by atoms with van der Waals surface area (Å²) in [4.78, 5) is 2.69. The first kappa shape index (κ1) is 11.4. The van der Waals surface area contributed by atoms with Gasteiger partial charge in [0.2, 0.25) is 0 Å². The molecule has 0 radical (unpaired) electrons. The fourth-order valence-corrected chi connectivity index (χ4v) is 1.02. The maximum atomic E-state index is 8.20. The Kier molecular flexibility index (Phi) is 5.08. The summed E-state index contributed by atoms with van der Waals surface area (Å²) in [7, 11) is 0. The summed E-state index contributed by atoms with van der Waals surface area (Å²) in [6, 6.07) is 6.93. The summed E-state index contributed by atoms with van der Waals surface area (Å²) in [6.45, 7) is 3.73. The first-order valence-electron chi connectivity index (χ1n) is 4.72. The Morgan fingerprint density at radius 2 is 2.00 bits per heavy atom. The number of ether oxygens (including phenoxy) is 2. The molecule has 0 N–H and O–H groups in total. The van der Waals surface area contributed by atoms with Crippen molar-refractivity contribution in [1.29, 1.82) is 0 Å². The number of azide groups is 1. The molecule has 0 heterocycles. The minimum absolute atomic E-state index is 0.523. The molecule has 0 aromatic heterocycles. The van der Waals surface area contributed by atoms with E-state index in [4.69, 9.17) is 15.0 Å². The summed E-state index contributed by atoms with van der Waals surface area (Å²) >= 11 is 0. The lowest BCUT2D eigenvalue weighted by Crippen LogP contribution is -2.05. The second-order valence-electron chi connectivity index (χ2n) is 2.73. The van der Waals surface area contributed by atoms with Crippen LogP contribution in [0.1, 0.15) is 6.92 Å². The van der Waals surface area contributed by atoms with Gasteiger partial charge in [-0.05, 0) is 36.7 Å². The first-order valence-corrected chi connectivity index (χ1v) is 4.72. The average molecular weight is 207 g/mol. The largest absolute Gasteiger partial charge is 0.491 e. The average Bonchev–Trinajstić information content (AvgIpc) is 2.27. The molecule has 1 rings (SSSR count). The van der Waals surface area contributed by atoms with Crippen molar-refractivity contribution in [3.63, 3.8) is 0 Å². The van der Waals surface area contributed by atoms with Gasteiger partial charge in [-0.2, -0.15) is 0 Å². The van der Waals surface area contributed by atoms with Crippen molar-refractivity contribution in [1.82, 2.24) is 0 Å². The quantitative estimate of drug-likeness (QED) is 0.311. The molecule has 0 atom stereocenters. The van der Waals surface area contributed by atoms with E-state index in [0.717, 1.165) is 5.75 Å². The zero-order valence-electron chi connectivity index (χ0n) is 8.59. The van der Waals surface area contributed by atoms with Crippen molar-refractivity contribution in [2.24, 2.45) is 5.11 Å². The Hall–Kier alpha value is -1.71. The second kappa shape index (κ2) is 6.70. The van der Waals surface area contributed by atoms with Gasteiger partial charge in [-0.3, -0.25) is 0 Å². The van der Waals surface area contributed by atoms with Gasteiger partial charge in [0.25, 0.3) is 0 Å². The highest BCUT2D eigenvalue weighted by Gasteiger charge is 1.93. The highest BCUT2D eigenvalue weighted by molar-refractivity contribution is 5.40. The van der Waals surface area contributed by atoms with E-state index in [1.807, 2.05) is 6.92 Å². The predicted octanol–water partition coefficient (Wildman–Crippen LogP) is 3.04. The smallest absolute Gasteiger partial charge is 0.119 e. The molecule has 5 heteroatoms.